The third kappa shape index (κ3) is 4.74. The molecule has 4 N–H and O–H groups in total. The van der Waals surface area contributed by atoms with Gasteiger partial charge in [-0.15, -0.1) is 0 Å². The predicted molar refractivity (Wildman–Crippen MR) is 110 cm³/mol. The normalized spacial score (nSPS) is 19.3. The zero-order chi connectivity index (χ0) is 21.0. The van der Waals surface area contributed by atoms with Crippen molar-refractivity contribution in [2.24, 2.45) is 17.6 Å². The molecule has 0 saturated carbocycles. The fourth-order valence-electron chi connectivity index (χ4n) is 3.45. The van der Waals surface area contributed by atoms with Crippen LogP contribution < -0.4 is 15.8 Å². The summed E-state index contributed by atoms with van der Waals surface area (Å²) in [5.41, 5.74) is 8.21. The number of nitrogens with two attached hydrogens (primary N) is 1. The third-order valence-electron chi connectivity index (χ3n) is 5.23. The second-order valence-electron chi connectivity index (χ2n) is 7.19. The van der Waals surface area contributed by atoms with Crippen LogP contribution in [0.3, 0.4) is 0 Å². The Bertz CT molecular complexity index is 893. The highest BCUT2D eigenvalue weighted by Crippen LogP contribution is 2.26. The third-order valence-corrected chi connectivity index (χ3v) is 5.23. The minimum absolute atomic E-state index is 0.0440. The van der Waals surface area contributed by atoms with Crippen molar-refractivity contribution in [1.82, 2.24) is 5.32 Å². The fourth-order valence-corrected chi connectivity index (χ4v) is 3.45. The lowest BCUT2D eigenvalue weighted by Crippen LogP contribution is -2.32. The minimum atomic E-state index is -0.473. The lowest BCUT2D eigenvalue weighted by Gasteiger charge is -2.14. The van der Waals surface area contributed by atoms with Crippen molar-refractivity contribution < 1.29 is 19.1 Å². The molecule has 152 valence electrons. The van der Waals surface area contributed by atoms with Crippen LogP contribution in [0.15, 0.2) is 48.5 Å². The number of rotatable bonds is 7. The van der Waals surface area contributed by atoms with E-state index < -0.39 is 11.8 Å². The summed E-state index contributed by atoms with van der Waals surface area (Å²) < 4.78 is 10.6. The number of hydrogen-bond donors (Lipinski definition) is 3. The first-order chi connectivity index (χ1) is 13.9. The van der Waals surface area contributed by atoms with E-state index >= 15 is 0 Å². The topological polar surface area (TPSA) is 114 Å². The Balaban J connectivity index is 1.56. The Kier molecular flexibility index (Phi) is 6.16. The van der Waals surface area contributed by atoms with Gasteiger partial charge in [0.25, 0.3) is 0 Å². The standard InChI is InChI=1S/C22H25N3O4/c1-13(22(27)28-2)19-11-17(25-21(19)26)12-29-18-9-7-15(8-10-18)14-3-5-16(6-4-14)20(23)24/h3-10,13,17,19H,11-12H2,1-2H3,(H3,23,24)(H,25,26)/t13?,17-,19-/m0/s1. The Labute approximate surface area is 169 Å². The second-order valence-corrected chi connectivity index (χ2v) is 7.19. The summed E-state index contributed by atoms with van der Waals surface area (Å²) in [7, 11) is 1.33. The second kappa shape index (κ2) is 8.77. The van der Waals surface area contributed by atoms with Crippen LogP contribution in [0.1, 0.15) is 18.9 Å². The lowest BCUT2D eigenvalue weighted by atomic mass is 9.91. The molecule has 1 fully saturated rings. The number of methoxy groups -OCH3 is 1. The average Bonchev–Trinajstić information content (AvgIpc) is 3.12. The molecule has 29 heavy (non-hydrogen) atoms. The number of benzene rings is 2. The molecule has 3 rings (SSSR count). The summed E-state index contributed by atoms with van der Waals surface area (Å²) in [4.78, 5) is 23.8. The van der Waals surface area contributed by atoms with Gasteiger partial charge in [0.2, 0.25) is 5.91 Å². The van der Waals surface area contributed by atoms with Gasteiger partial charge in [-0.1, -0.05) is 43.3 Å². The SMILES string of the molecule is COC(=O)C(C)[C@@H]1C[C@@H](COc2ccc(-c3ccc(C(=N)N)cc3)cc2)NC1=O. The molecule has 0 aromatic heterocycles. The van der Waals surface area contributed by atoms with Gasteiger partial charge < -0.3 is 20.5 Å². The Morgan fingerprint density at radius 1 is 1.17 bits per heavy atom. The first-order valence-corrected chi connectivity index (χ1v) is 9.45. The molecule has 7 nitrogen and oxygen atoms in total. The highest BCUT2D eigenvalue weighted by atomic mass is 16.5. The molecule has 0 spiro atoms. The first-order valence-electron chi connectivity index (χ1n) is 9.45. The van der Waals surface area contributed by atoms with Crippen LogP contribution in [0.5, 0.6) is 5.75 Å². The van der Waals surface area contributed by atoms with Gasteiger partial charge in [-0.3, -0.25) is 15.0 Å². The zero-order valence-electron chi connectivity index (χ0n) is 16.5. The van der Waals surface area contributed by atoms with E-state index in [9.17, 15) is 9.59 Å². The van der Waals surface area contributed by atoms with Crippen molar-refractivity contribution in [1.29, 1.82) is 5.41 Å². The number of hydrogen-bond acceptors (Lipinski definition) is 5. The number of amidine groups is 1. The zero-order valence-corrected chi connectivity index (χ0v) is 16.5. The maximum Gasteiger partial charge on any atom is 0.309 e. The molecule has 2 aromatic carbocycles. The van der Waals surface area contributed by atoms with Gasteiger partial charge >= 0.3 is 5.97 Å². The maximum atomic E-state index is 12.1. The van der Waals surface area contributed by atoms with Gasteiger partial charge in [-0.05, 0) is 29.7 Å². The molecular formula is C22H25N3O4. The molecule has 0 radical (unpaired) electrons. The van der Waals surface area contributed by atoms with E-state index in [-0.39, 0.29) is 23.8 Å². The highest BCUT2D eigenvalue weighted by molar-refractivity contribution is 5.95. The number of ether oxygens (including phenoxy) is 2. The average molecular weight is 395 g/mol. The van der Waals surface area contributed by atoms with Crippen molar-refractivity contribution in [3.8, 4) is 16.9 Å². The lowest BCUT2D eigenvalue weighted by molar-refractivity contribution is -0.148. The summed E-state index contributed by atoms with van der Waals surface area (Å²) in [5.74, 6) is -0.634. The van der Waals surface area contributed by atoms with E-state index in [4.69, 9.17) is 20.6 Å². The van der Waals surface area contributed by atoms with Crippen molar-refractivity contribution in [3.63, 3.8) is 0 Å². The number of esters is 1. The summed E-state index contributed by atoms with van der Waals surface area (Å²) in [6, 6.07) is 15.0. The Morgan fingerprint density at radius 2 is 1.76 bits per heavy atom. The van der Waals surface area contributed by atoms with Gasteiger partial charge in [0.1, 0.15) is 18.2 Å². The Hall–Kier alpha value is -3.35. The van der Waals surface area contributed by atoms with Gasteiger partial charge in [-0.25, -0.2) is 0 Å². The monoisotopic (exact) mass is 395 g/mol. The minimum Gasteiger partial charge on any atom is -0.491 e. The van der Waals surface area contributed by atoms with Crippen LogP contribution in [0.2, 0.25) is 0 Å². The maximum absolute atomic E-state index is 12.1. The molecule has 1 aliphatic heterocycles. The van der Waals surface area contributed by atoms with Crippen LogP contribution in [0, 0.1) is 17.2 Å². The van der Waals surface area contributed by atoms with Crippen LogP contribution in [-0.2, 0) is 14.3 Å². The predicted octanol–water partition coefficient (Wildman–Crippen LogP) is 2.33. The number of carbonyl (C=O) groups is 2. The Morgan fingerprint density at radius 3 is 2.31 bits per heavy atom. The molecule has 7 heteroatoms. The number of nitrogens with one attached hydrogen (secondary N) is 2. The highest BCUT2D eigenvalue weighted by Gasteiger charge is 2.39. The molecule has 1 unspecified atom stereocenters. The van der Waals surface area contributed by atoms with E-state index in [2.05, 4.69) is 5.32 Å². The van der Waals surface area contributed by atoms with Crippen LogP contribution in [0.25, 0.3) is 11.1 Å². The van der Waals surface area contributed by atoms with Crippen molar-refractivity contribution in [3.05, 3.63) is 54.1 Å². The van der Waals surface area contributed by atoms with E-state index in [1.165, 1.54) is 7.11 Å². The number of nitrogen functional groups attached to an aromatic ring is 1. The molecule has 2 aromatic rings. The van der Waals surface area contributed by atoms with E-state index in [0.717, 1.165) is 11.1 Å². The van der Waals surface area contributed by atoms with Crippen molar-refractivity contribution in [2.45, 2.75) is 19.4 Å². The van der Waals surface area contributed by atoms with Crippen molar-refractivity contribution >= 4 is 17.7 Å². The molecule has 0 bridgehead atoms. The van der Waals surface area contributed by atoms with Gasteiger partial charge in [0, 0.05) is 5.56 Å². The van der Waals surface area contributed by atoms with E-state index in [0.29, 0.717) is 24.3 Å². The van der Waals surface area contributed by atoms with Gasteiger partial charge in [0.05, 0.1) is 25.0 Å². The molecule has 1 amide bonds. The summed E-state index contributed by atoms with van der Waals surface area (Å²) in [6.45, 7) is 2.05. The molecular weight excluding hydrogens is 370 g/mol. The quantitative estimate of drug-likeness (QED) is 0.378. The van der Waals surface area contributed by atoms with Gasteiger partial charge in [-0.2, -0.15) is 0 Å². The van der Waals surface area contributed by atoms with E-state index in [1.54, 1.807) is 6.92 Å². The summed E-state index contributed by atoms with van der Waals surface area (Å²) >= 11 is 0. The van der Waals surface area contributed by atoms with E-state index in [1.807, 2.05) is 48.5 Å². The molecule has 1 heterocycles. The van der Waals surface area contributed by atoms with Crippen LogP contribution in [-0.4, -0.2) is 37.5 Å². The van der Waals surface area contributed by atoms with Crippen molar-refractivity contribution in [2.75, 3.05) is 13.7 Å². The fraction of sp³-hybridized carbons (Fsp3) is 0.318. The molecule has 3 atom stereocenters. The first kappa shape index (κ1) is 20.4. The van der Waals surface area contributed by atoms with Gasteiger partial charge in [0.15, 0.2) is 0 Å². The largest absolute Gasteiger partial charge is 0.491 e. The molecule has 1 saturated heterocycles. The molecule has 0 aliphatic carbocycles. The summed E-state index contributed by atoms with van der Waals surface area (Å²) in [6.07, 6.45) is 0.537. The number of amides is 1. The summed E-state index contributed by atoms with van der Waals surface area (Å²) in [5, 5.41) is 10.3. The number of carbonyl (C=O) groups excluding carboxylic acids is 2. The molecule has 1 aliphatic rings. The van der Waals surface area contributed by atoms with Crippen LogP contribution in [0.4, 0.5) is 0 Å². The van der Waals surface area contributed by atoms with Crippen LogP contribution >= 0.6 is 0 Å². The smallest absolute Gasteiger partial charge is 0.309 e.